The lowest BCUT2D eigenvalue weighted by Crippen LogP contribution is -1.86. The Hall–Kier alpha value is -0.120. The maximum absolute atomic E-state index is 10.5. The first-order chi connectivity index (χ1) is 3.80. The summed E-state index contributed by atoms with van der Waals surface area (Å²) in [6, 6.07) is 0. The second-order valence-electron chi connectivity index (χ2n) is 1.60. The van der Waals surface area contributed by atoms with Gasteiger partial charge in [0.05, 0.1) is 0 Å². The van der Waals surface area contributed by atoms with E-state index >= 15 is 0 Å². The van der Waals surface area contributed by atoms with Crippen molar-refractivity contribution in [3.8, 4) is 0 Å². The number of hydrogen-bond acceptors (Lipinski definition) is 1. The Balaban J connectivity index is 2.64. The molecular formula is C6H5IO. The SMILES string of the molecule is O=C(I)C1=CC=CC1. The van der Waals surface area contributed by atoms with Gasteiger partial charge in [0, 0.05) is 28.2 Å². The highest BCUT2D eigenvalue weighted by molar-refractivity contribution is 14.1. The molecule has 1 aliphatic rings. The van der Waals surface area contributed by atoms with Crippen molar-refractivity contribution in [2.45, 2.75) is 6.42 Å². The summed E-state index contributed by atoms with van der Waals surface area (Å²) >= 11 is 1.80. The molecule has 1 rings (SSSR count). The van der Waals surface area contributed by atoms with Gasteiger partial charge < -0.3 is 0 Å². The first-order valence-electron chi connectivity index (χ1n) is 2.36. The predicted octanol–water partition coefficient (Wildman–Crippen LogP) is 1.83. The average Bonchev–Trinajstić information content (AvgIpc) is 2.12. The number of carbonyl (C=O) groups is 1. The van der Waals surface area contributed by atoms with Crippen molar-refractivity contribution < 1.29 is 4.79 Å². The molecule has 0 heterocycles. The van der Waals surface area contributed by atoms with Crippen LogP contribution < -0.4 is 0 Å². The largest absolute Gasteiger partial charge is 0.283 e. The van der Waals surface area contributed by atoms with Crippen LogP contribution in [0.25, 0.3) is 0 Å². The highest BCUT2D eigenvalue weighted by Gasteiger charge is 2.03. The Morgan fingerprint density at radius 1 is 1.75 bits per heavy atom. The molecule has 8 heavy (non-hydrogen) atoms. The molecule has 0 atom stereocenters. The summed E-state index contributed by atoms with van der Waals surface area (Å²) in [4.78, 5) is 10.5. The molecule has 0 radical (unpaired) electrons. The van der Waals surface area contributed by atoms with Crippen molar-refractivity contribution in [3.63, 3.8) is 0 Å². The molecule has 1 aliphatic carbocycles. The fraction of sp³-hybridized carbons (Fsp3) is 0.167. The molecule has 1 nitrogen and oxygen atoms in total. The van der Waals surface area contributed by atoms with Crippen molar-refractivity contribution in [1.29, 1.82) is 0 Å². The zero-order chi connectivity index (χ0) is 5.98. The monoisotopic (exact) mass is 220 g/mol. The minimum absolute atomic E-state index is 0.160. The third kappa shape index (κ3) is 1.18. The third-order valence-electron chi connectivity index (χ3n) is 1.02. The van der Waals surface area contributed by atoms with Crippen LogP contribution in [0.2, 0.25) is 0 Å². The van der Waals surface area contributed by atoms with Crippen LogP contribution in [0.15, 0.2) is 23.8 Å². The first-order valence-corrected chi connectivity index (χ1v) is 3.44. The maximum atomic E-state index is 10.5. The highest BCUT2D eigenvalue weighted by atomic mass is 127. The van der Waals surface area contributed by atoms with Gasteiger partial charge in [0.2, 0.25) is 3.79 Å². The molecule has 2 heteroatoms. The fourth-order valence-electron chi connectivity index (χ4n) is 0.593. The van der Waals surface area contributed by atoms with E-state index in [0.29, 0.717) is 0 Å². The topological polar surface area (TPSA) is 17.1 Å². The van der Waals surface area contributed by atoms with Gasteiger partial charge in [0.15, 0.2) is 0 Å². The van der Waals surface area contributed by atoms with Gasteiger partial charge in [-0.25, -0.2) is 0 Å². The fourth-order valence-corrected chi connectivity index (χ4v) is 0.993. The van der Waals surface area contributed by atoms with E-state index in [1.807, 2.05) is 18.2 Å². The number of hydrogen-bond donors (Lipinski definition) is 0. The summed E-state index contributed by atoms with van der Waals surface area (Å²) in [7, 11) is 0. The Bertz CT molecular complexity index is 167. The first kappa shape index (κ1) is 6.01. The highest BCUT2D eigenvalue weighted by Crippen LogP contribution is 2.13. The predicted molar refractivity (Wildman–Crippen MR) is 40.9 cm³/mol. The molecule has 0 spiro atoms. The lowest BCUT2D eigenvalue weighted by Gasteiger charge is -1.86. The summed E-state index contributed by atoms with van der Waals surface area (Å²) < 4.78 is 0.160. The molecule has 42 valence electrons. The van der Waals surface area contributed by atoms with Crippen LogP contribution in [0.4, 0.5) is 0 Å². The molecule has 0 aliphatic heterocycles. The third-order valence-corrected chi connectivity index (χ3v) is 1.72. The molecule has 0 amide bonds. The van der Waals surface area contributed by atoms with Gasteiger partial charge in [-0.3, -0.25) is 4.79 Å². The van der Waals surface area contributed by atoms with Crippen molar-refractivity contribution >= 4 is 26.4 Å². The molecule has 0 fully saturated rings. The Morgan fingerprint density at radius 2 is 2.50 bits per heavy atom. The second-order valence-corrected chi connectivity index (χ2v) is 2.58. The van der Waals surface area contributed by atoms with Gasteiger partial charge in [0.1, 0.15) is 0 Å². The Kier molecular flexibility index (Phi) is 1.83. The van der Waals surface area contributed by atoms with E-state index in [-0.39, 0.29) is 3.79 Å². The molecule has 0 aromatic carbocycles. The summed E-state index contributed by atoms with van der Waals surface area (Å²) in [6.45, 7) is 0. The van der Waals surface area contributed by atoms with Gasteiger partial charge in [-0.15, -0.1) is 0 Å². The maximum Gasteiger partial charge on any atom is 0.218 e. The van der Waals surface area contributed by atoms with Crippen LogP contribution in [0.1, 0.15) is 6.42 Å². The average molecular weight is 220 g/mol. The van der Waals surface area contributed by atoms with Crippen LogP contribution in [-0.2, 0) is 4.79 Å². The van der Waals surface area contributed by atoms with Crippen molar-refractivity contribution in [1.82, 2.24) is 0 Å². The summed E-state index contributed by atoms with van der Waals surface area (Å²) in [5, 5.41) is 0. The van der Waals surface area contributed by atoms with Crippen molar-refractivity contribution in [2.24, 2.45) is 0 Å². The molecule has 0 saturated carbocycles. The lowest BCUT2D eigenvalue weighted by molar-refractivity contribution is -0.106. The van der Waals surface area contributed by atoms with Crippen LogP contribution in [0.3, 0.4) is 0 Å². The Labute approximate surface area is 61.6 Å². The van der Waals surface area contributed by atoms with Crippen molar-refractivity contribution in [2.75, 3.05) is 0 Å². The zero-order valence-corrected chi connectivity index (χ0v) is 6.38. The molecule has 0 N–H and O–H groups in total. The van der Waals surface area contributed by atoms with E-state index in [0.717, 1.165) is 12.0 Å². The normalized spacial score (nSPS) is 16.4. The quantitative estimate of drug-likeness (QED) is 0.486. The second kappa shape index (κ2) is 2.44. The molecule has 0 aromatic rings. The van der Waals surface area contributed by atoms with Crippen LogP contribution in [-0.4, -0.2) is 3.79 Å². The van der Waals surface area contributed by atoms with E-state index in [1.165, 1.54) is 0 Å². The summed E-state index contributed by atoms with van der Waals surface area (Å²) in [5.74, 6) is 0. The smallest absolute Gasteiger partial charge is 0.218 e. The zero-order valence-electron chi connectivity index (χ0n) is 4.23. The number of halogens is 1. The van der Waals surface area contributed by atoms with Crippen LogP contribution in [0.5, 0.6) is 0 Å². The molecule has 0 saturated heterocycles. The van der Waals surface area contributed by atoms with Gasteiger partial charge in [0.25, 0.3) is 0 Å². The molecule has 0 bridgehead atoms. The Morgan fingerprint density at radius 3 is 2.75 bits per heavy atom. The molecular weight excluding hydrogens is 215 g/mol. The van der Waals surface area contributed by atoms with Gasteiger partial charge in [-0.2, -0.15) is 0 Å². The van der Waals surface area contributed by atoms with E-state index in [4.69, 9.17) is 0 Å². The number of rotatable bonds is 1. The summed E-state index contributed by atoms with van der Waals surface area (Å²) in [6.07, 6.45) is 6.56. The summed E-state index contributed by atoms with van der Waals surface area (Å²) in [5.41, 5.74) is 0.908. The number of carbonyl (C=O) groups excluding carboxylic acids is 1. The van der Waals surface area contributed by atoms with Crippen molar-refractivity contribution in [3.05, 3.63) is 23.8 Å². The molecule has 0 unspecified atom stereocenters. The van der Waals surface area contributed by atoms with E-state index in [9.17, 15) is 4.79 Å². The van der Waals surface area contributed by atoms with Gasteiger partial charge >= 0.3 is 0 Å². The minimum Gasteiger partial charge on any atom is -0.283 e. The minimum atomic E-state index is 0.160. The van der Waals surface area contributed by atoms with Gasteiger partial charge in [-0.05, 0) is 6.42 Å². The van der Waals surface area contributed by atoms with Crippen LogP contribution in [0, 0.1) is 0 Å². The number of allylic oxidation sites excluding steroid dienone is 4. The lowest BCUT2D eigenvalue weighted by atomic mass is 10.3. The molecule has 0 aromatic heterocycles. The standard InChI is InChI=1S/C6H5IO/c7-6(8)5-3-1-2-4-5/h1-3H,4H2. The van der Waals surface area contributed by atoms with Crippen LogP contribution >= 0.6 is 22.6 Å². The van der Waals surface area contributed by atoms with E-state index in [2.05, 4.69) is 0 Å². The van der Waals surface area contributed by atoms with E-state index < -0.39 is 0 Å². The van der Waals surface area contributed by atoms with Gasteiger partial charge in [-0.1, -0.05) is 18.2 Å². The van der Waals surface area contributed by atoms with E-state index in [1.54, 1.807) is 22.6 Å².